The number of unbranched alkanes of at least 4 members (excludes halogenated alkanes) is 2. The van der Waals surface area contributed by atoms with Gasteiger partial charge in [-0.2, -0.15) is 0 Å². The van der Waals surface area contributed by atoms with Crippen LogP contribution in [0.4, 0.5) is 4.39 Å². The molecular formula is C28H30ClFN2O3. The van der Waals surface area contributed by atoms with Crippen molar-refractivity contribution in [2.24, 2.45) is 0 Å². The highest BCUT2D eigenvalue weighted by atomic mass is 35.5. The number of ether oxygens (including phenoxy) is 1. The van der Waals surface area contributed by atoms with Crippen LogP contribution in [0.2, 0.25) is 5.02 Å². The maximum Gasteiger partial charge on any atom is 0.261 e. The van der Waals surface area contributed by atoms with Gasteiger partial charge < -0.3 is 15.0 Å². The summed E-state index contributed by atoms with van der Waals surface area (Å²) in [5, 5.41) is 3.36. The molecule has 1 unspecified atom stereocenters. The largest absolute Gasteiger partial charge is 0.482 e. The lowest BCUT2D eigenvalue weighted by molar-refractivity contribution is -0.143. The van der Waals surface area contributed by atoms with Crippen molar-refractivity contribution < 1.29 is 18.7 Å². The van der Waals surface area contributed by atoms with E-state index in [4.69, 9.17) is 16.3 Å². The minimum absolute atomic E-state index is 0.104. The van der Waals surface area contributed by atoms with Gasteiger partial charge in [0.05, 0.1) is 5.02 Å². The topological polar surface area (TPSA) is 58.6 Å². The van der Waals surface area contributed by atoms with Crippen molar-refractivity contribution in [2.45, 2.75) is 38.8 Å². The Morgan fingerprint density at radius 2 is 1.66 bits per heavy atom. The molecule has 0 saturated heterocycles. The SMILES string of the molecule is CCCCCNC(=O)C(c1ccccc1)N(Cc1ccc(F)cc1)C(=O)COc1ccccc1Cl. The number of carbonyl (C=O) groups excluding carboxylic acids is 2. The summed E-state index contributed by atoms with van der Waals surface area (Å²) in [4.78, 5) is 28.4. The van der Waals surface area contributed by atoms with Gasteiger partial charge in [-0.25, -0.2) is 4.39 Å². The quantitative estimate of drug-likeness (QED) is 0.316. The molecule has 0 bridgehead atoms. The first-order chi connectivity index (χ1) is 17.0. The van der Waals surface area contributed by atoms with Crippen molar-refractivity contribution >= 4 is 23.4 Å². The van der Waals surface area contributed by atoms with Gasteiger partial charge in [-0.15, -0.1) is 0 Å². The van der Waals surface area contributed by atoms with Crippen LogP contribution in [0.1, 0.15) is 43.4 Å². The minimum Gasteiger partial charge on any atom is -0.482 e. The van der Waals surface area contributed by atoms with Crippen LogP contribution < -0.4 is 10.1 Å². The molecule has 2 amide bonds. The van der Waals surface area contributed by atoms with E-state index in [0.29, 0.717) is 28.4 Å². The highest BCUT2D eigenvalue weighted by molar-refractivity contribution is 6.32. The van der Waals surface area contributed by atoms with Gasteiger partial charge in [0.2, 0.25) is 5.91 Å². The third-order valence-electron chi connectivity index (χ3n) is 5.53. The van der Waals surface area contributed by atoms with E-state index in [0.717, 1.165) is 19.3 Å². The van der Waals surface area contributed by atoms with Crippen molar-refractivity contribution in [3.8, 4) is 5.75 Å². The second kappa shape index (κ2) is 13.5. The number of para-hydroxylation sites is 1. The molecule has 3 aromatic carbocycles. The van der Waals surface area contributed by atoms with Gasteiger partial charge in [0.25, 0.3) is 5.91 Å². The molecule has 0 radical (unpaired) electrons. The number of hydrogen-bond donors (Lipinski definition) is 1. The molecule has 3 rings (SSSR count). The van der Waals surface area contributed by atoms with Gasteiger partial charge in [-0.3, -0.25) is 9.59 Å². The van der Waals surface area contributed by atoms with Crippen LogP contribution in [0, 0.1) is 5.82 Å². The van der Waals surface area contributed by atoms with Crippen LogP contribution >= 0.6 is 11.6 Å². The fraction of sp³-hybridized carbons (Fsp3) is 0.286. The van der Waals surface area contributed by atoms with E-state index in [-0.39, 0.29) is 24.9 Å². The molecule has 0 saturated carbocycles. The van der Waals surface area contributed by atoms with Gasteiger partial charge in [-0.05, 0) is 41.8 Å². The van der Waals surface area contributed by atoms with Crippen LogP contribution in [-0.4, -0.2) is 29.9 Å². The Kier molecular flexibility index (Phi) is 10.1. The van der Waals surface area contributed by atoms with Crippen LogP contribution in [0.5, 0.6) is 5.75 Å². The van der Waals surface area contributed by atoms with E-state index >= 15 is 0 Å². The normalized spacial score (nSPS) is 11.5. The van der Waals surface area contributed by atoms with Crippen LogP contribution in [0.25, 0.3) is 0 Å². The summed E-state index contributed by atoms with van der Waals surface area (Å²) in [6.07, 6.45) is 2.89. The van der Waals surface area contributed by atoms with Crippen molar-refractivity contribution in [3.63, 3.8) is 0 Å². The average Bonchev–Trinajstić information content (AvgIpc) is 2.87. The smallest absolute Gasteiger partial charge is 0.261 e. The van der Waals surface area contributed by atoms with Crippen LogP contribution in [0.15, 0.2) is 78.9 Å². The van der Waals surface area contributed by atoms with E-state index in [2.05, 4.69) is 12.2 Å². The molecule has 0 aliphatic rings. The Bertz CT molecular complexity index is 1090. The zero-order valence-electron chi connectivity index (χ0n) is 19.8. The summed E-state index contributed by atoms with van der Waals surface area (Å²) < 4.78 is 19.2. The van der Waals surface area contributed by atoms with E-state index < -0.39 is 11.9 Å². The molecule has 0 aromatic heterocycles. The molecule has 0 aliphatic heterocycles. The second-order valence-corrected chi connectivity index (χ2v) is 8.59. The molecular weight excluding hydrogens is 467 g/mol. The molecule has 0 fully saturated rings. The predicted octanol–water partition coefficient (Wildman–Crippen LogP) is 5.93. The second-order valence-electron chi connectivity index (χ2n) is 8.18. The number of amides is 2. The Hall–Kier alpha value is -3.38. The van der Waals surface area contributed by atoms with E-state index in [1.807, 2.05) is 30.3 Å². The van der Waals surface area contributed by atoms with E-state index in [1.54, 1.807) is 36.4 Å². The van der Waals surface area contributed by atoms with Gasteiger partial charge in [0.1, 0.15) is 17.6 Å². The number of nitrogens with zero attached hydrogens (tertiary/aromatic N) is 1. The summed E-state index contributed by atoms with van der Waals surface area (Å²) >= 11 is 6.17. The number of carbonyl (C=O) groups is 2. The zero-order valence-corrected chi connectivity index (χ0v) is 20.5. The van der Waals surface area contributed by atoms with Crippen LogP contribution in [-0.2, 0) is 16.1 Å². The van der Waals surface area contributed by atoms with Crippen molar-refractivity contribution in [1.29, 1.82) is 0 Å². The molecule has 35 heavy (non-hydrogen) atoms. The van der Waals surface area contributed by atoms with Crippen molar-refractivity contribution in [2.75, 3.05) is 13.2 Å². The molecule has 1 N–H and O–H groups in total. The maximum atomic E-state index is 13.5. The first-order valence-electron chi connectivity index (χ1n) is 11.7. The average molecular weight is 497 g/mol. The minimum atomic E-state index is -0.884. The van der Waals surface area contributed by atoms with Gasteiger partial charge in [-0.1, -0.05) is 86.0 Å². The molecule has 1 atom stereocenters. The van der Waals surface area contributed by atoms with Gasteiger partial charge in [0, 0.05) is 13.1 Å². The maximum absolute atomic E-state index is 13.5. The summed E-state index contributed by atoms with van der Waals surface area (Å²) in [6, 6.07) is 21.0. The first-order valence-corrected chi connectivity index (χ1v) is 12.1. The molecule has 0 spiro atoms. The van der Waals surface area contributed by atoms with E-state index in [9.17, 15) is 14.0 Å². The Labute approximate surface area is 210 Å². The fourth-order valence-electron chi connectivity index (χ4n) is 3.69. The number of halogens is 2. The van der Waals surface area contributed by atoms with Crippen LogP contribution in [0.3, 0.4) is 0 Å². The fourth-order valence-corrected chi connectivity index (χ4v) is 3.88. The third-order valence-corrected chi connectivity index (χ3v) is 5.84. The molecule has 3 aromatic rings. The Morgan fingerprint density at radius 1 is 0.971 bits per heavy atom. The number of nitrogens with one attached hydrogen (secondary N) is 1. The monoisotopic (exact) mass is 496 g/mol. The first kappa shape index (κ1) is 26.2. The summed E-state index contributed by atoms with van der Waals surface area (Å²) in [7, 11) is 0. The van der Waals surface area contributed by atoms with Crippen molar-refractivity contribution in [3.05, 3.63) is 101 Å². The number of benzene rings is 3. The lowest BCUT2D eigenvalue weighted by Gasteiger charge is -2.31. The Balaban J connectivity index is 1.90. The molecule has 184 valence electrons. The highest BCUT2D eigenvalue weighted by Gasteiger charge is 2.31. The summed E-state index contributed by atoms with van der Waals surface area (Å²) in [5.41, 5.74) is 1.37. The van der Waals surface area contributed by atoms with Gasteiger partial charge in [0.15, 0.2) is 6.61 Å². The number of rotatable bonds is 12. The third kappa shape index (κ3) is 7.82. The lowest BCUT2D eigenvalue weighted by atomic mass is 10.0. The highest BCUT2D eigenvalue weighted by Crippen LogP contribution is 2.26. The lowest BCUT2D eigenvalue weighted by Crippen LogP contribution is -2.45. The molecule has 0 aliphatic carbocycles. The van der Waals surface area contributed by atoms with Crippen molar-refractivity contribution in [1.82, 2.24) is 10.2 Å². The van der Waals surface area contributed by atoms with Gasteiger partial charge >= 0.3 is 0 Å². The van der Waals surface area contributed by atoms with E-state index in [1.165, 1.54) is 17.0 Å². The molecule has 0 heterocycles. The molecule has 7 heteroatoms. The number of hydrogen-bond acceptors (Lipinski definition) is 3. The molecule has 5 nitrogen and oxygen atoms in total. The summed E-state index contributed by atoms with van der Waals surface area (Å²) in [6.45, 7) is 2.41. The zero-order chi connectivity index (χ0) is 25.0. The Morgan fingerprint density at radius 3 is 2.34 bits per heavy atom. The standard InChI is InChI=1S/C28H30ClFN2O3/c1-2-3-9-18-31-28(34)27(22-10-5-4-6-11-22)32(19-21-14-16-23(30)17-15-21)26(33)20-35-25-13-8-7-12-24(25)29/h4-8,10-17,27H,2-3,9,18-20H2,1H3,(H,31,34). The summed E-state index contributed by atoms with van der Waals surface area (Å²) in [5.74, 6) is -0.668. The predicted molar refractivity (Wildman–Crippen MR) is 136 cm³/mol.